The Morgan fingerprint density at radius 3 is 1.74 bits per heavy atom. The number of pyridine rings is 1. The van der Waals surface area contributed by atoms with Gasteiger partial charge in [0.25, 0.3) is 0 Å². The lowest BCUT2D eigenvalue weighted by atomic mass is 9.65. The fourth-order valence-electron chi connectivity index (χ4n) is 10.6. The third-order valence-corrected chi connectivity index (χ3v) is 13.4. The van der Waals surface area contributed by atoms with Crippen molar-refractivity contribution < 1.29 is 9.15 Å². The smallest absolute Gasteiger partial charge is 0.167 e. The van der Waals surface area contributed by atoms with E-state index in [4.69, 9.17) is 29.1 Å². The summed E-state index contributed by atoms with van der Waals surface area (Å²) in [6, 6.07) is 71.9. The van der Waals surface area contributed by atoms with Crippen LogP contribution in [0.2, 0.25) is 0 Å². The Morgan fingerprint density at radius 2 is 0.954 bits per heavy atom. The van der Waals surface area contributed by atoms with Crippen LogP contribution >= 0.6 is 0 Å². The predicted octanol–water partition coefficient (Wildman–Crippen LogP) is 14.6. The second kappa shape index (κ2) is 13.6. The first-order valence-electron chi connectivity index (χ1n) is 21.9. The van der Waals surface area contributed by atoms with Crippen molar-refractivity contribution in [3.63, 3.8) is 0 Å². The van der Waals surface area contributed by atoms with Crippen LogP contribution in [0.3, 0.4) is 0 Å². The number of hydrogen-bond acceptors (Lipinski definition) is 6. The van der Waals surface area contributed by atoms with Crippen LogP contribution in [0.25, 0.3) is 100 Å². The number of aromatic nitrogens is 4. The quantitative estimate of drug-likeness (QED) is 0.165. The lowest BCUT2D eigenvalue weighted by Gasteiger charge is -2.39. The molecule has 0 fully saturated rings. The maximum absolute atomic E-state index is 6.96. The molecule has 0 radical (unpaired) electrons. The summed E-state index contributed by atoms with van der Waals surface area (Å²) in [7, 11) is 0. The van der Waals surface area contributed by atoms with Gasteiger partial charge in [-0.1, -0.05) is 170 Å². The van der Waals surface area contributed by atoms with Gasteiger partial charge in [-0.3, -0.25) is 0 Å². The van der Waals surface area contributed by atoms with Crippen molar-refractivity contribution >= 4 is 43.6 Å². The van der Waals surface area contributed by atoms with E-state index in [2.05, 4.69) is 140 Å². The standard InChI is InChI=1S/C59H34N4O2/c1-3-16-35(17-4-1)54-45-34-53-49(59(48-27-12-14-29-52(48)64-53)46-25-10-7-20-38(46)39-21-8-11-26-47(39)59)33-44(45)40-31-30-37(32-50(40)60-54)57-61-56(36-18-5-2-6-19-36)62-58(63-57)43-24-15-23-42-41-22-9-13-28-51(41)65-55(42)43/h1-34H. The van der Waals surface area contributed by atoms with Crippen molar-refractivity contribution in [2.45, 2.75) is 5.41 Å². The average molecular weight is 831 g/mol. The molecule has 0 atom stereocenters. The van der Waals surface area contributed by atoms with E-state index >= 15 is 0 Å². The van der Waals surface area contributed by atoms with E-state index in [0.717, 1.165) is 94.2 Å². The Kier molecular flexibility index (Phi) is 7.51. The second-order valence-electron chi connectivity index (χ2n) is 16.8. The molecule has 302 valence electrons. The van der Waals surface area contributed by atoms with Gasteiger partial charge in [0, 0.05) is 49.4 Å². The van der Waals surface area contributed by atoms with Crippen LogP contribution in [-0.4, -0.2) is 19.9 Å². The van der Waals surface area contributed by atoms with Gasteiger partial charge >= 0.3 is 0 Å². The number of furan rings is 1. The molecule has 1 aliphatic carbocycles. The van der Waals surface area contributed by atoms with Gasteiger partial charge in [-0.2, -0.15) is 0 Å². The Balaban J connectivity index is 1.03. The summed E-state index contributed by atoms with van der Waals surface area (Å²) >= 11 is 0. The molecule has 1 aliphatic heterocycles. The maximum Gasteiger partial charge on any atom is 0.167 e. The monoisotopic (exact) mass is 830 g/mol. The maximum atomic E-state index is 6.96. The van der Waals surface area contributed by atoms with Gasteiger partial charge in [0.2, 0.25) is 0 Å². The van der Waals surface area contributed by atoms with Gasteiger partial charge in [0.1, 0.15) is 22.7 Å². The van der Waals surface area contributed by atoms with Crippen molar-refractivity contribution in [1.82, 2.24) is 19.9 Å². The third-order valence-electron chi connectivity index (χ3n) is 13.4. The lowest BCUT2D eigenvalue weighted by molar-refractivity contribution is 0.437. The molecule has 6 nitrogen and oxygen atoms in total. The highest BCUT2D eigenvalue weighted by molar-refractivity contribution is 6.13. The normalized spacial score (nSPS) is 13.2. The van der Waals surface area contributed by atoms with Gasteiger partial charge in [-0.05, 0) is 64.0 Å². The molecule has 0 unspecified atom stereocenters. The van der Waals surface area contributed by atoms with Crippen molar-refractivity contribution in [2.75, 3.05) is 0 Å². The van der Waals surface area contributed by atoms with E-state index in [0.29, 0.717) is 17.5 Å². The van der Waals surface area contributed by atoms with Crippen LogP contribution in [0.4, 0.5) is 0 Å². The highest BCUT2D eigenvalue weighted by Gasteiger charge is 2.51. The van der Waals surface area contributed by atoms with E-state index in [1.165, 1.54) is 22.3 Å². The summed E-state index contributed by atoms with van der Waals surface area (Å²) in [5.74, 6) is 3.33. The van der Waals surface area contributed by atoms with Gasteiger partial charge in [0.05, 0.1) is 22.2 Å². The largest absolute Gasteiger partial charge is 0.457 e. The lowest BCUT2D eigenvalue weighted by Crippen LogP contribution is -2.32. The first-order chi connectivity index (χ1) is 32.2. The summed E-state index contributed by atoms with van der Waals surface area (Å²) < 4.78 is 13.5. The zero-order valence-corrected chi connectivity index (χ0v) is 34.7. The van der Waals surface area contributed by atoms with E-state index in [1.54, 1.807) is 0 Å². The molecule has 12 aromatic rings. The number of para-hydroxylation sites is 3. The number of ether oxygens (including phenoxy) is 1. The van der Waals surface area contributed by atoms with Crippen LogP contribution in [0, 0.1) is 0 Å². The van der Waals surface area contributed by atoms with Gasteiger partial charge < -0.3 is 9.15 Å². The molecule has 9 aromatic carbocycles. The summed E-state index contributed by atoms with van der Waals surface area (Å²) in [6.07, 6.45) is 0. The number of benzene rings is 9. The molecule has 6 heteroatoms. The van der Waals surface area contributed by atoms with Crippen molar-refractivity contribution in [2.24, 2.45) is 0 Å². The van der Waals surface area contributed by atoms with Crippen LogP contribution in [0.1, 0.15) is 22.3 Å². The van der Waals surface area contributed by atoms with E-state index < -0.39 is 5.41 Å². The van der Waals surface area contributed by atoms with Gasteiger partial charge in [-0.15, -0.1) is 0 Å². The molecule has 0 N–H and O–H groups in total. The molecule has 0 bridgehead atoms. The van der Waals surface area contributed by atoms with Crippen LogP contribution in [0.15, 0.2) is 211 Å². The Morgan fingerprint density at radius 1 is 0.338 bits per heavy atom. The zero-order chi connectivity index (χ0) is 42.6. The minimum atomic E-state index is -0.605. The second-order valence-corrected chi connectivity index (χ2v) is 16.8. The molecule has 4 heterocycles. The Labute approximate surface area is 373 Å². The number of rotatable bonds is 4. The van der Waals surface area contributed by atoms with Crippen molar-refractivity contribution in [1.29, 1.82) is 0 Å². The summed E-state index contributed by atoms with van der Waals surface area (Å²) in [5.41, 5.74) is 13.4. The first-order valence-corrected chi connectivity index (χ1v) is 21.9. The minimum Gasteiger partial charge on any atom is -0.457 e. The average Bonchev–Trinajstić information content (AvgIpc) is 3.90. The highest BCUT2D eigenvalue weighted by atomic mass is 16.5. The molecule has 65 heavy (non-hydrogen) atoms. The van der Waals surface area contributed by atoms with Gasteiger partial charge in [-0.25, -0.2) is 19.9 Å². The molecule has 14 rings (SSSR count). The Hall–Kier alpha value is -8.74. The van der Waals surface area contributed by atoms with E-state index in [1.807, 2.05) is 66.7 Å². The Bertz CT molecular complexity index is 3890. The topological polar surface area (TPSA) is 73.9 Å². The van der Waals surface area contributed by atoms with E-state index in [-0.39, 0.29) is 0 Å². The number of fused-ring (bicyclic) bond motifs is 15. The number of nitrogens with zero attached hydrogens (tertiary/aromatic N) is 4. The van der Waals surface area contributed by atoms with Crippen LogP contribution < -0.4 is 4.74 Å². The number of hydrogen-bond donors (Lipinski definition) is 0. The summed E-state index contributed by atoms with van der Waals surface area (Å²) in [6.45, 7) is 0. The SMILES string of the molecule is c1ccc(-c2nc(-c3ccc4c(c3)nc(-c3ccccc3)c3cc5c(cc34)C3(c4ccccc4O5)c4ccccc4-c4ccccc43)nc(-c3cccc4c3oc3ccccc34)n2)cc1. The fraction of sp³-hybridized carbons (Fsp3) is 0.0169. The third kappa shape index (κ3) is 5.16. The molecule has 3 aromatic heterocycles. The van der Waals surface area contributed by atoms with E-state index in [9.17, 15) is 0 Å². The van der Waals surface area contributed by atoms with Crippen LogP contribution in [0.5, 0.6) is 11.5 Å². The summed E-state index contributed by atoms with van der Waals surface area (Å²) in [5, 5.41) is 5.18. The van der Waals surface area contributed by atoms with Gasteiger partial charge in [0.15, 0.2) is 17.5 Å². The highest BCUT2D eigenvalue weighted by Crippen LogP contribution is 2.62. The molecule has 0 amide bonds. The van der Waals surface area contributed by atoms with Crippen molar-refractivity contribution in [3.05, 3.63) is 229 Å². The minimum absolute atomic E-state index is 0.532. The molecular formula is C59H34N4O2. The first kappa shape index (κ1) is 35.8. The van der Waals surface area contributed by atoms with Crippen LogP contribution in [-0.2, 0) is 5.41 Å². The summed E-state index contributed by atoms with van der Waals surface area (Å²) in [4.78, 5) is 20.9. The molecule has 2 aliphatic rings. The molecule has 0 saturated carbocycles. The molecule has 1 spiro atoms. The molecule has 0 saturated heterocycles. The predicted molar refractivity (Wildman–Crippen MR) is 259 cm³/mol. The van der Waals surface area contributed by atoms with Crippen molar-refractivity contribution in [3.8, 4) is 68.0 Å². The fourth-order valence-corrected chi connectivity index (χ4v) is 10.6. The zero-order valence-electron chi connectivity index (χ0n) is 34.7. The molecular weight excluding hydrogens is 797 g/mol.